The van der Waals surface area contributed by atoms with Crippen molar-refractivity contribution in [1.29, 1.82) is 0 Å². The second-order valence-corrected chi connectivity index (χ2v) is 52.8. The third kappa shape index (κ3) is 14.0. The minimum absolute atomic E-state index is 0.00414. The molecule has 15 aliphatic carbocycles. The summed E-state index contributed by atoms with van der Waals surface area (Å²) >= 11 is 0. The molecule has 0 bridgehead atoms. The van der Waals surface area contributed by atoms with E-state index in [-0.39, 0.29) is 146 Å². The predicted octanol–water partition coefficient (Wildman–Crippen LogP) is 24.4. The van der Waals surface area contributed by atoms with Crippen LogP contribution in [0.1, 0.15) is 362 Å². The lowest BCUT2D eigenvalue weighted by atomic mass is 9.32. The van der Waals surface area contributed by atoms with Gasteiger partial charge in [0, 0.05) is 53.6 Å². The second-order valence-electron chi connectivity index (χ2n) is 52.8. The molecule has 11 saturated carbocycles. The van der Waals surface area contributed by atoms with Gasteiger partial charge < -0.3 is 34.9 Å². The van der Waals surface area contributed by atoms with Gasteiger partial charge in [0.1, 0.15) is 28.2 Å². The molecule has 1 spiro atoms. The molecule has 3 amide bonds. The van der Waals surface area contributed by atoms with Gasteiger partial charge >= 0.3 is 18.3 Å². The molecule has 4 unspecified atom stereocenters. The number of epoxide rings is 1. The number of allylic oxidation sites excluding steroid dienone is 8. The molecule has 3 N–H and O–H groups in total. The Balaban J connectivity index is 0.000000146. The van der Waals surface area contributed by atoms with E-state index in [2.05, 4.69) is 186 Å². The van der Waals surface area contributed by atoms with E-state index in [4.69, 9.17) is 18.9 Å². The van der Waals surface area contributed by atoms with E-state index in [1.165, 1.54) is 32.1 Å². The monoisotopic (exact) mass is 1640 g/mol. The first kappa shape index (κ1) is 90.6. The molecular weight excluding hydrogens is 1480 g/mol. The normalized spacial score (nSPS) is 46.5. The number of ketones is 4. The number of ether oxygens (including phenoxy) is 4. The van der Waals surface area contributed by atoms with Crippen molar-refractivity contribution in [3.8, 4) is 0 Å². The smallest absolute Gasteiger partial charge is 0.407 e. The highest BCUT2D eigenvalue weighted by atomic mass is 16.6. The van der Waals surface area contributed by atoms with Crippen molar-refractivity contribution < 1.29 is 52.5 Å². The Bertz CT molecular complexity index is 4220. The summed E-state index contributed by atoms with van der Waals surface area (Å²) in [5, 5.41) is 9.62. The van der Waals surface area contributed by atoms with Gasteiger partial charge in [0.2, 0.25) is 0 Å². The average Bonchev–Trinajstić information content (AvgIpc) is 1.15. The van der Waals surface area contributed by atoms with Crippen LogP contribution >= 0.6 is 0 Å². The zero-order chi connectivity index (χ0) is 88.0. The van der Waals surface area contributed by atoms with Crippen LogP contribution in [-0.4, -0.2) is 89.6 Å². The molecular formula is C105H165N3O11. The number of carbonyl (C=O) groups excluding carboxylic acids is 7. The van der Waals surface area contributed by atoms with Crippen LogP contribution in [0.4, 0.5) is 14.4 Å². The number of fused-ring (bicyclic) bond motifs is 19. The molecule has 0 aromatic heterocycles. The lowest BCUT2D eigenvalue weighted by Gasteiger charge is -2.72. The van der Waals surface area contributed by atoms with Gasteiger partial charge in [-0.25, -0.2) is 14.4 Å². The topological polar surface area (TPSA) is 196 Å². The molecule has 666 valence electrons. The van der Waals surface area contributed by atoms with E-state index in [0.717, 1.165) is 116 Å². The summed E-state index contributed by atoms with van der Waals surface area (Å²) in [5.74, 6) is 4.72. The van der Waals surface area contributed by atoms with Gasteiger partial charge in [0.15, 0.2) is 17.3 Å². The highest BCUT2D eigenvalue weighted by Gasteiger charge is 2.85. The molecule has 16 rings (SSSR count). The third-order valence-electron chi connectivity index (χ3n) is 40.6. The molecule has 14 heteroatoms. The largest absolute Gasteiger partial charge is 0.444 e. The number of hydrogen-bond acceptors (Lipinski definition) is 11. The van der Waals surface area contributed by atoms with Gasteiger partial charge in [-0.2, -0.15) is 0 Å². The fourth-order valence-electron chi connectivity index (χ4n) is 33.2. The number of hydrogen-bond donors (Lipinski definition) is 3. The summed E-state index contributed by atoms with van der Waals surface area (Å²) in [6, 6.07) is 0. The molecule has 14 nitrogen and oxygen atoms in total. The predicted molar refractivity (Wildman–Crippen MR) is 475 cm³/mol. The molecule has 24 atom stereocenters. The van der Waals surface area contributed by atoms with Crippen LogP contribution in [0.25, 0.3) is 0 Å². The molecule has 119 heavy (non-hydrogen) atoms. The number of Topliss-reactive ketones (excluding diaryl/α,β-unsaturated/α-hetero) is 1. The van der Waals surface area contributed by atoms with Crippen LogP contribution in [0.15, 0.2) is 48.1 Å². The van der Waals surface area contributed by atoms with Gasteiger partial charge in [0.25, 0.3) is 0 Å². The van der Waals surface area contributed by atoms with Crippen LogP contribution < -0.4 is 16.0 Å². The van der Waals surface area contributed by atoms with E-state index in [1.807, 2.05) is 80.5 Å². The number of nitrogens with one attached hydrogen (secondary N) is 3. The average molecular weight is 1650 g/mol. The Labute approximate surface area is 720 Å². The molecule has 16 aliphatic rings. The summed E-state index contributed by atoms with van der Waals surface area (Å²) in [6.45, 7) is 69.3. The standard InChI is InChI=1S/2C35H55NO4.C35H55NO3/c1-28(2,3)40-27(38)36-21-34-17-15-29(4,5)20-24(34)35-26(39-35)19-23-31(8)13-12-25(37)30(6,7)22(31)11-14-32(23,9)33(35,10)16-18-34;1-29(2,3)40-28(39)36-21-35-17-15-30(4,5)20-22(35)27-23(37)19-25-32(8)13-12-26(38)31(6,7)24(32)11-14-33(25,9)34(27,10)16-18-35;1-29(2,3)39-28(38)36-22-35-19-17-30(4,5)21-24(35)23-11-12-26-32(8)15-14-27(37)31(6,7)25(32)13-16-34(26,10)33(23,9)18-20-35/h12-13,22-24,26H,11,14-21H2,1-10H3,(H,36,38);12-13,22,24-25,27H,11,14-21H2,1-10H3,(H,36,39);11,14-15,24-26H,12-13,16-22H2,1-10H3,(H,36,38)/t22-,23?,24+,26?,31-,32+,33-,34+,35?;22-,24-,25?,27-,32-,33+,34+,35+;24-,25-,26+,32-,33+,34+,35+/m000/s1. The lowest BCUT2D eigenvalue weighted by Crippen LogP contribution is -2.71. The van der Waals surface area contributed by atoms with E-state index >= 15 is 0 Å². The molecule has 0 aromatic rings. The zero-order valence-corrected chi connectivity index (χ0v) is 80.5. The maximum absolute atomic E-state index is 14.6. The summed E-state index contributed by atoms with van der Waals surface area (Å²) < 4.78 is 24.1. The van der Waals surface area contributed by atoms with Gasteiger partial charge in [-0.1, -0.05) is 175 Å². The van der Waals surface area contributed by atoms with Crippen molar-refractivity contribution in [2.75, 3.05) is 19.6 Å². The van der Waals surface area contributed by atoms with Crippen LogP contribution in [0.5, 0.6) is 0 Å². The summed E-state index contributed by atoms with van der Waals surface area (Å²) in [6.07, 6.45) is 40.8. The quantitative estimate of drug-likeness (QED) is 0.130. The Hall–Kier alpha value is -4.59. The first-order valence-electron chi connectivity index (χ1n) is 47.8. The van der Waals surface area contributed by atoms with Gasteiger partial charge in [-0.15, -0.1) is 0 Å². The fraction of sp³-hybridized carbons (Fsp3) is 0.857. The van der Waals surface area contributed by atoms with Crippen molar-refractivity contribution >= 4 is 41.4 Å². The summed E-state index contributed by atoms with van der Waals surface area (Å²) in [4.78, 5) is 91.8. The minimum Gasteiger partial charge on any atom is -0.444 e. The second kappa shape index (κ2) is 28.2. The van der Waals surface area contributed by atoms with Crippen molar-refractivity contribution in [1.82, 2.24) is 16.0 Å². The van der Waals surface area contributed by atoms with E-state index in [1.54, 1.807) is 5.57 Å². The highest BCUT2D eigenvalue weighted by molar-refractivity contribution is 5.97. The number of rotatable bonds is 6. The van der Waals surface area contributed by atoms with E-state index in [9.17, 15) is 33.6 Å². The SMILES string of the molecule is CC1(C)CC[C@]2(CNC(=O)OC(C)(C)C)CC[C@]3(C)C(=CC[C@@H]4[C@@]5(C)C=CC(=O)C(C)(C)[C@@H]5CC[C@]43C)[C@@H]2C1.CC1(C)CC[C@]2(CNC(=O)OC(C)(C)C)CC[C@]3(C)C4(OC4CC4[C@@]5(C)C=CC(=O)C(C)(C)[C@@H]5CC[C@]43C)[C@@H]2C1.CC1(C)CC[C@]2(CNC(=O)OC(C)(C)C)CC[C@]3(C)[C@H](C(=O)CC4[C@@]5(C)C=CC(=O)C(C)(C)[C@@H]5CC[C@]43C)[C@@H]2C1. The van der Waals surface area contributed by atoms with Gasteiger partial charge in [-0.3, -0.25) is 19.2 Å². The molecule has 0 radical (unpaired) electrons. The third-order valence-corrected chi connectivity index (χ3v) is 40.6. The Morgan fingerprint density at radius 2 is 0.798 bits per heavy atom. The van der Waals surface area contributed by atoms with Gasteiger partial charge in [0.05, 0.1) is 6.10 Å². The highest BCUT2D eigenvalue weighted by Crippen LogP contribution is 2.84. The van der Waals surface area contributed by atoms with Crippen LogP contribution in [0.3, 0.4) is 0 Å². The lowest BCUT2D eigenvalue weighted by molar-refractivity contribution is -0.222. The number of carbonyl (C=O) groups is 7. The van der Waals surface area contributed by atoms with Crippen molar-refractivity contribution in [3.63, 3.8) is 0 Å². The summed E-state index contributed by atoms with van der Waals surface area (Å²) in [7, 11) is 0. The molecule has 0 aromatic carbocycles. The Kier molecular flexibility index (Phi) is 21.5. The van der Waals surface area contributed by atoms with Crippen LogP contribution in [-0.2, 0) is 38.1 Å². The van der Waals surface area contributed by atoms with Crippen molar-refractivity contribution in [2.45, 2.75) is 390 Å². The molecule has 1 saturated heterocycles. The van der Waals surface area contributed by atoms with Crippen molar-refractivity contribution in [3.05, 3.63) is 48.1 Å². The first-order valence-corrected chi connectivity index (χ1v) is 47.8. The summed E-state index contributed by atoms with van der Waals surface area (Å²) in [5.41, 5.74) is 0.167. The minimum atomic E-state index is -0.536. The molecule has 1 aliphatic heterocycles. The number of alkyl carbamates (subject to hydrolysis) is 3. The Morgan fingerprint density at radius 1 is 0.403 bits per heavy atom. The zero-order valence-electron chi connectivity index (χ0n) is 80.5. The van der Waals surface area contributed by atoms with Crippen LogP contribution in [0, 0.1) is 157 Å². The van der Waals surface area contributed by atoms with E-state index in [0.29, 0.717) is 84.3 Å². The first-order chi connectivity index (χ1) is 54.3. The molecule has 1 heterocycles. The van der Waals surface area contributed by atoms with Gasteiger partial charge in [-0.05, 0) is 357 Å². The fourth-order valence-corrected chi connectivity index (χ4v) is 33.2. The maximum Gasteiger partial charge on any atom is 0.407 e. The van der Waals surface area contributed by atoms with Crippen LogP contribution in [0.2, 0.25) is 0 Å². The molecule has 12 fully saturated rings. The maximum atomic E-state index is 14.6. The number of amides is 3. The Morgan fingerprint density at radius 3 is 1.29 bits per heavy atom. The van der Waals surface area contributed by atoms with Crippen molar-refractivity contribution in [2.24, 2.45) is 157 Å². The van der Waals surface area contributed by atoms with E-state index < -0.39 is 22.2 Å².